The number of carboxylic acid groups (broad SMARTS) is 1. The van der Waals surface area contributed by atoms with Gasteiger partial charge in [-0.3, -0.25) is 0 Å². The molecule has 0 bridgehead atoms. The van der Waals surface area contributed by atoms with E-state index < -0.39 is 9.20 Å². The van der Waals surface area contributed by atoms with Crippen LogP contribution in [-0.4, -0.2) is 14.3 Å². The van der Waals surface area contributed by atoms with Crippen molar-refractivity contribution < 1.29 is 9.90 Å². The lowest BCUT2D eigenvalue weighted by Crippen LogP contribution is -2.23. The van der Waals surface area contributed by atoms with Crippen molar-refractivity contribution in [2.24, 2.45) is 0 Å². The van der Waals surface area contributed by atoms with Gasteiger partial charge in [-0.15, -0.1) is 0 Å². The van der Waals surface area contributed by atoms with Crippen LogP contribution < -0.4 is 0 Å². The molecule has 120 valence electrons. The van der Waals surface area contributed by atoms with Gasteiger partial charge < -0.3 is 5.11 Å². The van der Waals surface area contributed by atoms with Gasteiger partial charge in [0.2, 0.25) is 0 Å². The Morgan fingerprint density at radius 1 is 0.800 bits per heavy atom. The van der Waals surface area contributed by atoms with Crippen molar-refractivity contribution in [2.75, 3.05) is 0 Å². The summed E-state index contributed by atoms with van der Waals surface area (Å²) >= 11 is 6.39. The van der Waals surface area contributed by atoms with Crippen LogP contribution in [0.4, 0.5) is 0 Å². The summed E-state index contributed by atoms with van der Waals surface area (Å²) < 4.78 is -0.918. The predicted molar refractivity (Wildman–Crippen MR) is 93.9 cm³/mol. The second kappa shape index (κ2) is 13.1. The molecule has 0 unspecified atom stereocenters. The molecule has 0 aromatic rings. The second-order valence-electron chi connectivity index (χ2n) is 5.65. The largest absolute Gasteiger partial charge is 0.480 e. The number of aliphatic carboxylic acids is 1. The van der Waals surface area contributed by atoms with Crippen LogP contribution in [0.2, 0.25) is 0 Å². The van der Waals surface area contributed by atoms with Gasteiger partial charge >= 0.3 is 5.97 Å². The summed E-state index contributed by atoms with van der Waals surface area (Å²) in [5, 5.41) is 8.92. The zero-order valence-electron chi connectivity index (χ0n) is 12.8. The van der Waals surface area contributed by atoms with Gasteiger partial charge in [-0.2, -0.15) is 0 Å². The summed E-state index contributed by atoms with van der Waals surface area (Å²) in [5.41, 5.74) is 0. The van der Waals surface area contributed by atoms with E-state index in [-0.39, 0.29) is 0 Å². The van der Waals surface area contributed by atoms with E-state index in [9.17, 15) is 4.79 Å². The zero-order chi connectivity index (χ0) is 15.3. The van der Waals surface area contributed by atoms with Gasteiger partial charge in [-0.25, -0.2) is 4.79 Å². The lowest BCUT2D eigenvalue weighted by Gasteiger charge is -2.14. The lowest BCUT2D eigenvalue weighted by molar-refractivity contribution is -0.137. The molecule has 4 heteroatoms. The lowest BCUT2D eigenvalue weighted by atomic mass is 10.0. The van der Waals surface area contributed by atoms with Gasteiger partial charge in [0.1, 0.15) is 0 Å². The minimum Gasteiger partial charge on any atom is -0.480 e. The summed E-state index contributed by atoms with van der Waals surface area (Å²) in [6.07, 6.45) is 16.2. The van der Waals surface area contributed by atoms with E-state index in [1.54, 1.807) is 0 Å². The zero-order valence-corrected chi connectivity index (χ0v) is 16.0. The molecule has 20 heavy (non-hydrogen) atoms. The quantitative estimate of drug-likeness (QED) is 0.255. The SMILES string of the molecule is CCCCCCCCCCCCCCC(Br)(Br)C(=O)O. The van der Waals surface area contributed by atoms with Crippen molar-refractivity contribution in [3.05, 3.63) is 0 Å². The van der Waals surface area contributed by atoms with Crippen LogP contribution in [0.3, 0.4) is 0 Å². The molecule has 2 nitrogen and oxygen atoms in total. The normalized spacial score (nSPS) is 11.8. The molecule has 0 aromatic heterocycles. The van der Waals surface area contributed by atoms with Crippen LogP contribution in [0.5, 0.6) is 0 Å². The Morgan fingerprint density at radius 3 is 1.50 bits per heavy atom. The maximum Gasteiger partial charge on any atom is 0.331 e. The van der Waals surface area contributed by atoms with Crippen molar-refractivity contribution >= 4 is 37.8 Å². The number of carbonyl (C=O) groups is 1. The number of hydrogen-bond donors (Lipinski definition) is 1. The Labute approximate surface area is 141 Å². The molecular weight excluding hydrogens is 384 g/mol. The average Bonchev–Trinajstić information content (AvgIpc) is 2.39. The molecule has 0 amide bonds. The molecule has 1 N–H and O–H groups in total. The molecule has 0 saturated carbocycles. The third-order valence-corrected chi connectivity index (χ3v) is 5.13. The molecular formula is C16H30Br2O2. The summed E-state index contributed by atoms with van der Waals surface area (Å²) in [6.45, 7) is 2.26. The first-order valence-electron chi connectivity index (χ1n) is 8.12. The van der Waals surface area contributed by atoms with Crippen molar-refractivity contribution in [3.8, 4) is 0 Å². The number of unbranched alkanes of at least 4 members (excludes halogenated alkanes) is 11. The fourth-order valence-electron chi connectivity index (χ4n) is 2.29. The molecule has 0 aliphatic carbocycles. The molecule has 0 aliphatic heterocycles. The highest BCUT2D eigenvalue weighted by Gasteiger charge is 2.30. The summed E-state index contributed by atoms with van der Waals surface area (Å²) in [7, 11) is 0. The van der Waals surface area contributed by atoms with Crippen molar-refractivity contribution in [2.45, 2.75) is 93.6 Å². The minimum atomic E-state index is -0.918. The van der Waals surface area contributed by atoms with Gasteiger partial charge in [0.15, 0.2) is 3.23 Å². The molecule has 0 fully saturated rings. The Bertz CT molecular complexity index is 243. The van der Waals surface area contributed by atoms with Gasteiger partial charge in [-0.05, 0) is 6.42 Å². The molecule has 0 spiro atoms. The molecule has 0 radical (unpaired) electrons. The van der Waals surface area contributed by atoms with Gasteiger partial charge in [0, 0.05) is 0 Å². The fraction of sp³-hybridized carbons (Fsp3) is 0.938. The molecule has 0 rings (SSSR count). The summed E-state index contributed by atoms with van der Waals surface area (Å²) in [4.78, 5) is 10.9. The number of hydrogen-bond acceptors (Lipinski definition) is 1. The van der Waals surface area contributed by atoms with Crippen molar-refractivity contribution in [1.29, 1.82) is 0 Å². The van der Waals surface area contributed by atoms with Crippen LogP contribution in [0, 0.1) is 0 Å². The van der Waals surface area contributed by atoms with E-state index in [0.29, 0.717) is 6.42 Å². The van der Waals surface area contributed by atoms with Crippen LogP contribution in [-0.2, 0) is 4.79 Å². The van der Waals surface area contributed by atoms with Crippen LogP contribution >= 0.6 is 31.9 Å². The Hall–Kier alpha value is 0.430. The third-order valence-electron chi connectivity index (χ3n) is 3.66. The first-order chi connectivity index (χ1) is 9.50. The van der Waals surface area contributed by atoms with Crippen LogP contribution in [0.25, 0.3) is 0 Å². The highest BCUT2D eigenvalue weighted by Crippen LogP contribution is 2.32. The topological polar surface area (TPSA) is 37.3 Å². The molecule has 0 saturated heterocycles. The van der Waals surface area contributed by atoms with Crippen LogP contribution in [0.15, 0.2) is 0 Å². The van der Waals surface area contributed by atoms with Gasteiger partial charge in [0.05, 0.1) is 0 Å². The average molecular weight is 414 g/mol. The Morgan fingerprint density at radius 2 is 1.15 bits per heavy atom. The highest BCUT2D eigenvalue weighted by atomic mass is 79.9. The van der Waals surface area contributed by atoms with E-state index in [2.05, 4.69) is 38.8 Å². The Kier molecular flexibility index (Phi) is 13.4. The maximum absolute atomic E-state index is 10.9. The van der Waals surface area contributed by atoms with E-state index in [4.69, 9.17) is 5.11 Å². The van der Waals surface area contributed by atoms with E-state index in [1.165, 1.54) is 64.2 Å². The van der Waals surface area contributed by atoms with E-state index >= 15 is 0 Å². The molecule has 0 aromatic carbocycles. The highest BCUT2D eigenvalue weighted by molar-refractivity contribution is 9.25. The third kappa shape index (κ3) is 12.2. The van der Waals surface area contributed by atoms with Crippen molar-refractivity contribution in [3.63, 3.8) is 0 Å². The van der Waals surface area contributed by atoms with Crippen molar-refractivity contribution in [1.82, 2.24) is 0 Å². The Balaban J connectivity index is 3.19. The number of halogens is 2. The van der Waals surface area contributed by atoms with E-state index in [1.807, 2.05) is 0 Å². The smallest absolute Gasteiger partial charge is 0.331 e. The van der Waals surface area contributed by atoms with E-state index in [0.717, 1.165) is 12.8 Å². The number of alkyl halides is 2. The first kappa shape index (κ1) is 20.4. The summed E-state index contributed by atoms with van der Waals surface area (Å²) in [6, 6.07) is 0. The number of rotatable bonds is 14. The standard InChI is InChI=1S/C16H30Br2O2/c1-2-3-4-5-6-7-8-9-10-11-12-13-14-16(17,18)15(19)20/h2-14H2,1H3,(H,19,20). The van der Waals surface area contributed by atoms with Gasteiger partial charge in [0.25, 0.3) is 0 Å². The first-order valence-corrected chi connectivity index (χ1v) is 9.70. The molecule has 0 atom stereocenters. The monoisotopic (exact) mass is 412 g/mol. The predicted octanol–water partition coefficient (Wildman–Crippen LogP) is 6.65. The fourth-order valence-corrected chi connectivity index (χ4v) is 2.86. The number of carboxylic acids is 1. The van der Waals surface area contributed by atoms with Crippen LogP contribution in [0.1, 0.15) is 90.4 Å². The molecule has 0 aliphatic rings. The summed E-state index contributed by atoms with van der Waals surface area (Å²) in [5.74, 6) is -0.833. The second-order valence-corrected chi connectivity index (χ2v) is 9.42. The maximum atomic E-state index is 10.9. The molecule has 0 heterocycles. The minimum absolute atomic E-state index is 0.639. The van der Waals surface area contributed by atoms with Gasteiger partial charge in [-0.1, -0.05) is 116 Å².